The van der Waals surface area contributed by atoms with Crippen molar-refractivity contribution in [2.75, 3.05) is 0 Å². The quantitative estimate of drug-likeness (QED) is 0.634. The highest BCUT2D eigenvalue weighted by Crippen LogP contribution is 2.30. The molecule has 0 fully saturated rings. The van der Waals surface area contributed by atoms with Gasteiger partial charge >= 0.3 is 0 Å². The normalized spacial score (nSPS) is 10.9. The van der Waals surface area contributed by atoms with Crippen molar-refractivity contribution in [1.82, 2.24) is 0 Å². The lowest BCUT2D eigenvalue weighted by molar-refractivity contribution is 0.472. The number of rotatable bonds is 1. The Kier molecular flexibility index (Phi) is 2.48. The SMILES string of the molecule is C/C=N\c1cc(C)cc(C)c1O. The first-order valence-corrected chi connectivity index (χ1v) is 3.94. The fourth-order valence-electron chi connectivity index (χ4n) is 1.18. The van der Waals surface area contributed by atoms with E-state index < -0.39 is 0 Å². The van der Waals surface area contributed by atoms with Crippen LogP contribution in [-0.4, -0.2) is 11.3 Å². The van der Waals surface area contributed by atoms with Gasteiger partial charge in [0, 0.05) is 6.21 Å². The molecule has 1 aromatic rings. The topological polar surface area (TPSA) is 32.6 Å². The average molecular weight is 163 g/mol. The molecule has 0 saturated heterocycles. The smallest absolute Gasteiger partial charge is 0.144 e. The van der Waals surface area contributed by atoms with Gasteiger partial charge in [0.25, 0.3) is 0 Å². The minimum absolute atomic E-state index is 0.277. The third-order valence-corrected chi connectivity index (χ3v) is 1.69. The third-order valence-electron chi connectivity index (χ3n) is 1.69. The minimum atomic E-state index is 0.277. The van der Waals surface area contributed by atoms with Crippen LogP contribution in [0.3, 0.4) is 0 Å². The van der Waals surface area contributed by atoms with E-state index in [9.17, 15) is 5.11 Å². The second kappa shape index (κ2) is 3.39. The molecule has 0 aromatic heterocycles. The molecular formula is C10H13NO. The summed E-state index contributed by atoms with van der Waals surface area (Å²) in [7, 11) is 0. The van der Waals surface area contributed by atoms with Crippen molar-refractivity contribution in [2.24, 2.45) is 4.99 Å². The average Bonchev–Trinajstić information content (AvgIpc) is 2.00. The Hall–Kier alpha value is -1.31. The second-order valence-corrected chi connectivity index (χ2v) is 2.84. The summed E-state index contributed by atoms with van der Waals surface area (Å²) in [4.78, 5) is 4.05. The van der Waals surface area contributed by atoms with Crippen LogP contribution < -0.4 is 0 Å². The minimum Gasteiger partial charge on any atom is -0.505 e. The van der Waals surface area contributed by atoms with Gasteiger partial charge in [0.15, 0.2) is 0 Å². The van der Waals surface area contributed by atoms with Crippen LogP contribution in [0, 0.1) is 13.8 Å². The molecule has 12 heavy (non-hydrogen) atoms. The maximum atomic E-state index is 9.54. The molecule has 2 heteroatoms. The van der Waals surface area contributed by atoms with E-state index in [0.29, 0.717) is 5.69 Å². The molecule has 0 saturated carbocycles. The zero-order valence-corrected chi connectivity index (χ0v) is 7.63. The Bertz CT molecular complexity index is 316. The molecule has 64 valence electrons. The first-order valence-electron chi connectivity index (χ1n) is 3.94. The summed E-state index contributed by atoms with van der Waals surface area (Å²) in [5.74, 6) is 0.277. The summed E-state index contributed by atoms with van der Waals surface area (Å²) < 4.78 is 0. The summed E-state index contributed by atoms with van der Waals surface area (Å²) in [6, 6.07) is 3.80. The van der Waals surface area contributed by atoms with Crippen LogP contribution in [0.2, 0.25) is 0 Å². The summed E-state index contributed by atoms with van der Waals surface area (Å²) >= 11 is 0. The zero-order valence-electron chi connectivity index (χ0n) is 7.63. The fourth-order valence-corrected chi connectivity index (χ4v) is 1.18. The number of nitrogens with zero attached hydrogens (tertiary/aromatic N) is 1. The maximum absolute atomic E-state index is 9.54. The molecule has 0 atom stereocenters. The number of hydrogen-bond donors (Lipinski definition) is 1. The zero-order chi connectivity index (χ0) is 9.14. The van der Waals surface area contributed by atoms with Gasteiger partial charge in [-0.25, -0.2) is 0 Å². The molecule has 0 aliphatic heterocycles. The van der Waals surface area contributed by atoms with Gasteiger partial charge in [-0.05, 0) is 38.0 Å². The molecule has 2 nitrogen and oxygen atoms in total. The van der Waals surface area contributed by atoms with Crippen LogP contribution in [0.1, 0.15) is 18.1 Å². The number of benzene rings is 1. The van der Waals surface area contributed by atoms with E-state index in [0.717, 1.165) is 11.1 Å². The number of aryl methyl sites for hydroxylation is 2. The Balaban J connectivity index is 3.27. The number of aliphatic imine (C=N–C) groups is 1. The van der Waals surface area contributed by atoms with E-state index in [2.05, 4.69) is 4.99 Å². The van der Waals surface area contributed by atoms with Crippen molar-refractivity contribution >= 4 is 11.9 Å². The molecule has 1 rings (SSSR count). The Morgan fingerprint density at radius 1 is 1.33 bits per heavy atom. The lowest BCUT2D eigenvalue weighted by Gasteiger charge is -2.03. The summed E-state index contributed by atoms with van der Waals surface area (Å²) in [5.41, 5.74) is 2.64. The predicted molar refractivity (Wildman–Crippen MR) is 51.4 cm³/mol. The van der Waals surface area contributed by atoms with Gasteiger partial charge in [-0.15, -0.1) is 0 Å². The summed E-state index contributed by atoms with van der Waals surface area (Å²) in [5, 5.41) is 9.54. The Morgan fingerprint density at radius 2 is 2.00 bits per heavy atom. The maximum Gasteiger partial charge on any atom is 0.144 e. The lowest BCUT2D eigenvalue weighted by atomic mass is 10.1. The van der Waals surface area contributed by atoms with E-state index in [1.807, 2.05) is 32.9 Å². The van der Waals surface area contributed by atoms with Gasteiger partial charge in [-0.2, -0.15) is 0 Å². The number of hydrogen-bond acceptors (Lipinski definition) is 2. The van der Waals surface area contributed by atoms with E-state index in [4.69, 9.17) is 0 Å². The van der Waals surface area contributed by atoms with Crippen LogP contribution in [-0.2, 0) is 0 Å². The molecule has 0 unspecified atom stereocenters. The monoisotopic (exact) mass is 163 g/mol. The standard InChI is InChI=1S/C10H13NO/c1-4-11-9-6-7(2)5-8(3)10(9)12/h4-6,12H,1-3H3/b11-4-. The predicted octanol–water partition coefficient (Wildman–Crippen LogP) is 2.73. The molecule has 0 aliphatic carbocycles. The van der Waals surface area contributed by atoms with Gasteiger partial charge in [0.05, 0.1) is 0 Å². The second-order valence-electron chi connectivity index (χ2n) is 2.84. The molecule has 0 radical (unpaired) electrons. The first-order chi connectivity index (χ1) is 5.65. The Morgan fingerprint density at radius 3 is 2.58 bits per heavy atom. The molecule has 0 aliphatic rings. The Labute approximate surface area is 72.6 Å². The molecule has 1 N–H and O–H groups in total. The van der Waals surface area contributed by atoms with Crippen molar-refractivity contribution in [3.63, 3.8) is 0 Å². The van der Waals surface area contributed by atoms with Gasteiger partial charge in [-0.1, -0.05) is 6.07 Å². The molecule has 1 aromatic carbocycles. The van der Waals surface area contributed by atoms with E-state index in [1.54, 1.807) is 6.21 Å². The number of aromatic hydroxyl groups is 1. The van der Waals surface area contributed by atoms with Gasteiger partial charge in [0.1, 0.15) is 11.4 Å². The molecular weight excluding hydrogens is 150 g/mol. The van der Waals surface area contributed by atoms with E-state index in [1.165, 1.54) is 0 Å². The highest BCUT2D eigenvalue weighted by Gasteiger charge is 2.02. The highest BCUT2D eigenvalue weighted by molar-refractivity contribution is 5.66. The van der Waals surface area contributed by atoms with Crippen molar-refractivity contribution in [3.05, 3.63) is 23.3 Å². The van der Waals surface area contributed by atoms with E-state index >= 15 is 0 Å². The summed E-state index contributed by atoms with van der Waals surface area (Å²) in [6.45, 7) is 5.69. The molecule has 0 heterocycles. The first kappa shape index (κ1) is 8.78. The molecule has 0 amide bonds. The van der Waals surface area contributed by atoms with E-state index in [-0.39, 0.29) is 5.75 Å². The fraction of sp³-hybridized carbons (Fsp3) is 0.300. The van der Waals surface area contributed by atoms with Crippen molar-refractivity contribution < 1.29 is 5.11 Å². The van der Waals surface area contributed by atoms with Crippen LogP contribution >= 0.6 is 0 Å². The molecule has 0 spiro atoms. The van der Waals surface area contributed by atoms with Crippen LogP contribution in [0.15, 0.2) is 17.1 Å². The highest BCUT2D eigenvalue weighted by atomic mass is 16.3. The van der Waals surface area contributed by atoms with Crippen molar-refractivity contribution in [1.29, 1.82) is 0 Å². The molecule has 0 bridgehead atoms. The van der Waals surface area contributed by atoms with Crippen LogP contribution in [0.5, 0.6) is 5.75 Å². The summed E-state index contributed by atoms with van der Waals surface area (Å²) in [6.07, 6.45) is 1.67. The van der Waals surface area contributed by atoms with Crippen LogP contribution in [0.25, 0.3) is 0 Å². The van der Waals surface area contributed by atoms with Crippen molar-refractivity contribution in [3.8, 4) is 5.75 Å². The number of phenols is 1. The van der Waals surface area contributed by atoms with Gasteiger partial charge in [-0.3, -0.25) is 4.99 Å². The largest absolute Gasteiger partial charge is 0.505 e. The number of phenolic OH excluding ortho intramolecular Hbond substituents is 1. The lowest BCUT2D eigenvalue weighted by Crippen LogP contribution is -1.79. The third kappa shape index (κ3) is 1.64. The van der Waals surface area contributed by atoms with Crippen molar-refractivity contribution in [2.45, 2.75) is 20.8 Å². The van der Waals surface area contributed by atoms with Gasteiger partial charge < -0.3 is 5.11 Å². The van der Waals surface area contributed by atoms with Crippen LogP contribution in [0.4, 0.5) is 5.69 Å². The van der Waals surface area contributed by atoms with Gasteiger partial charge in [0.2, 0.25) is 0 Å².